The van der Waals surface area contributed by atoms with E-state index in [-0.39, 0.29) is 0 Å². The summed E-state index contributed by atoms with van der Waals surface area (Å²) in [7, 11) is 2.16. The number of aromatic nitrogens is 1. The number of rotatable bonds is 3. The molecule has 1 aliphatic rings. The summed E-state index contributed by atoms with van der Waals surface area (Å²) in [5.41, 5.74) is 0. The zero-order valence-electron chi connectivity index (χ0n) is 10.0. The normalized spacial score (nSPS) is 21.2. The smallest absolute Gasteiger partial charge is 0.194 e. The molecule has 0 aliphatic carbocycles. The number of hydrogen-bond acceptors (Lipinski definition) is 4. The van der Waals surface area contributed by atoms with Crippen LogP contribution >= 0.6 is 0 Å². The summed E-state index contributed by atoms with van der Waals surface area (Å²) in [6, 6.07) is 0. The van der Waals surface area contributed by atoms with Crippen LogP contribution in [0.5, 0.6) is 0 Å². The number of hydrogen-bond donors (Lipinski definition) is 1. The Hall–Kier alpha value is -0.870. The third-order valence-electron chi connectivity index (χ3n) is 3.28. The quantitative estimate of drug-likeness (QED) is 0.847. The Labute approximate surface area is 96.3 Å². The highest BCUT2D eigenvalue weighted by Gasteiger charge is 2.19. The van der Waals surface area contributed by atoms with Gasteiger partial charge in [-0.25, -0.2) is 4.98 Å². The topological polar surface area (TPSA) is 49.5 Å². The van der Waals surface area contributed by atoms with Crippen molar-refractivity contribution in [2.24, 2.45) is 5.92 Å². The van der Waals surface area contributed by atoms with Crippen molar-refractivity contribution >= 4 is 0 Å². The summed E-state index contributed by atoms with van der Waals surface area (Å²) >= 11 is 0. The molecule has 2 heterocycles. The van der Waals surface area contributed by atoms with E-state index < -0.39 is 6.10 Å². The molecule has 1 aromatic rings. The number of nitrogens with zero attached hydrogens (tertiary/aromatic N) is 2. The van der Waals surface area contributed by atoms with E-state index in [1.807, 2.05) is 0 Å². The van der Waals surface area contributed by atoms with E-state index in [1.54, 1.807) is 13.1 Å². The van der Waals surface area contributed by atoms with Crippen molar-refractivity contribution in [3.8, 4) is 0 Å². The molecule has 0 aromatic carbocycles. The van der Waals surface area contributed by atoms with Crippen LogP contribution in [0.15, 0.2) is 10.6 Å². The summed E-state index contributed by atoms with van der Waals surface area (Å²) in [6.45, 7) is 4.02. The predicted molar refractivity (Wildman–Crippen MR) is 61.1 cm³/mol. The maximum atomic E-state index is 9.34. The molecule has 0 bridgehead atoms. The number of aliphatic hydroxyl groups is 1. The molecule has 1 atom stereocenters. The van der Waals surface area contributed by atoms with Crippen LogP contribution in [0.4, 0.5) is 0 Å². The minimum atomic E-state index is -0.557. The summed E-state index contributed by atoms with van der Waals surface area (Å²) in [5.74, 6) is 2.02. The van der Waals surface area contributed by atoms with Crippen molar-refractivity contribution in [1.29, 1.82) is 0 Å². The van der Waals surface area contributed by atoms with Gasteiger partial charge in [0.1, 0.15) is 6.10 Å². The number of piperidine rings is 1. The Balaban J connectivity index is 1.88. The standard InChI is InChI=1S/C12H20N2O2/c1-9(15)11-8-13-12(16-11)7-10-3-5-14(2)6-4-10/h8-10,15H,3-7H2,1-2H3. The van der Waals surface area contributed by atoms with E-state index in [9.17, 15) is 5.11 Å². The third-order valence-corrected chi connectivity index (χ3v) is 3.28. The SMILES string of the molecule is CC(O)c1cnc(CC2CCN(C)CC2)o1. The maximum absolute atomic E-state index is 9.34. The van der Waals surface area contributed by atoms with Crippen molar-refractivity contribution in [3.05, 3.63) is 17.8 Å². The van der Waals surface area contributed by atoms with E-state index >= 15 is 0 Å². The summed E-state index contributed by atoms with van der Waals surface area (Å²) in [5, 5.41) is 9.34. The molecule has 1 saturated heterocycles. The average Bonchev–Trinajstić information content (AvgIpc) is 2.70. The summed E-state index contributed by atoms with van der Waals surface area (Å²) in [6.07, 6.45) is 4.40. The lowest BCUT2D eigenvalue weighted by atomic mass is 9.94. The molecule has 1 unspecified atom stereocenters. The first-order valence-electron chi connectivity index (χ1n) is 5.96. The van der Waals surface area contributed by atoms with Crippen molar-refractivity contribution in [3.63, 3.8) is 0 Å². The van der Waals surface area contributed by atoms with Gasteiger partial charge in [-0.15, -0.1) is 0 Å². The lowest BCUT2D eigenvalue weighted by Gasteiger charge is -2.28. The lowest BCUT2D eigenvalue weighted by molar-refractivity contribution is 0.163. The Morgan fingerprint density at radius 3 is 2.81 bits per heavy atom. The maximum Gasteiger partial charge on any atom is 0.194 e. The molecule has 16 heavy (non-hydrogen) atoms. The van der Waals surface area contributed by atoms with Crippen molar-refractivity contribution in [2.75, 3.05) is 20.1 Å². The molecule has 4 nitrogen and oxygen atoms in total. The molecule has 1 N–H and O–H groups in total. The molecule has 0 radical (unpaired) electrons. The van der Waals surface area contributed by atoms with Crippen molar-refractivity contribution < 1.29 is 9.52 Å². The van der Waals surface area contributed by atoms with Crippen LogP contribution in [0, 0.1) is 5.92 Å². The van der Waals surface area contributed by atoms with Crippen LogP contribution in [-0.2, 0) is 6.42 Å². The molecule has 2 rings (SSSR count). The molecule has 0 amide bonds. The van der Waals surface area contributed by atoms with Gasteiger partial charge < -0.3 is 14.4 Å². The van der Waals surface area contributed by atoms with Gasteiger partial charge in [0.15, 0.2) is 11.7 Å². The van der Waals surface area contributed by atoms with Gasteiger partial charge in [-0.1, -0.05) is 0 Å². The van der Waals surface area contributed by atoms with Gasteiger partial charge in [-0.2, -0.15) is 0 Å². The fourth-order valence-electron chi connectivity index (χ4n) is 2.13. The predicted octanol–water partition coefficient (Wildman–Crippen LogP) is 1.61. The Bertz CT molecular complexity index is 328. The molecule has 1 fully saturated rings. The van der Waals surface area contributed by atoms with Crippen LogP contribution in [0.25, 0.3) is 0 Å². The molecule has 90 valence electrons. The Morgan fingerprint density at radius 2 is 2.25 bits per heavy atom. The average molecular weight is 224 g/mol. The summed E-state index contributed by atoms with van der Waals surface area (Å²) in [4.78, 5) is 6.56. The summed E-state index contributed by atoms with van der Waals surface area (Å²) < 4.78 is 5.50. The van der Waals surface area contributed by atoms with E-state index in [0.29, 0.717) is 11.7 Å². The van der Waals surface area contributed by atoms with Gasteiger partial charge in [0.25, 0.3) is 0 Å². The molecule has 0 spiro atoms. The fraction of sp³-hybridized carbons (Fsp3) is 0.750. The van der Waals surface area contributed by atoms with Gasteiger partial charge in [0.05, 0.1) is 6.20 Å². The van der Waals surface area contributed by atoms with E-state index in [0.717, 1.165) is 25.4 Å². The van der Waals surface area contributed by atoms with Crippen LogP contribution in [0.1, 0.15) is 37.5 Å². The van der Waals surface area contributed by atoms with E-state index in [4.69, 9.17) is 4.42 Å². The first kappa shape index (κ1) is 11.6. The van der Waals surface area contributed by atoms with Gasteiger partial charge in [-0.3, -0.25) is 0 Å². The van der Waals surface area contributed by atoms with E-state index in [2.05, 4.69) is 16.9 Å². The monoisotopic (exact) mass is 224 g/mol. The molecule has 1 aromatic heterocycles. The first-order chi connectivity index (χ1) is 7.65. The number of aliphatic hydroxyl groups excluding tert-OH is 1. The van der Waals surface area contributed by atoms with Crippen LogP contribution < -0.4 is 0 Å². The number of likely N-dealkylation sites (tertiary alicyclic amines) is 1. The minimum absolute atomic E-state index is 0.557. The van der Waals surface area contributed by atoms with Gasteiger partial charge in [-0.05, 0) is 45.8 Å². The zero-order chi connectivity index (χ0) is 11.5. The largest absolute Gasteiger partial charge is 0.443 e. The van der Waals surface area contributed by atoms with Gasteiger partial charge in [0, 0.05) is 6.42 Å². The van der Waals surface area contributed by atoms with Crippen molar-refractivity contribution in [1.82, 2.24) is 9.88 Å². The van der Waals surface area contributed by atoms with Crippen LogP contribution in [0.3, 0.4) is 0 Å². The Morgan fingerprint density at radius 1 is 1.56 bits per heavy atom. The highest BCUT2D eigenvalue weighted by molar-refractivity contribution is 4.97. The van der Waals surface area contributed by atoms with Crippen molar-refractivity contribution in [2.45, 2.75) is 32.3 Å². The zero-order valence-corrected chi connectivity index (χ0v) is 10.0. The van der Waals surface area contributed by atoms with Gasteiger partial charge in [0.2, 0.25) is 0 Å². The minimum Gasteiger partial charge on any atom is -0.443 e. The van der Waals surface area contributed by atoms with Crippen LogP contribution in [-0.4, -0.2) is 35.1 Å². The van der Waals surface area contributed by atoms with Gasteiger partial charge >= 0.3 is 0 Å². The fourth-order valence-corrected chi connectivity index (χ4v) is 2.13. The molecule has 4 heteroatoms. The second-order valence-electron chi connectivity index (χ2n) is 4.78. The highest BCUT2D eigenvalue weighted by atomic mass is 16.4. The molecular formula is C12H20N2O2. The first-order valence-corrected chi connectivity index (χ1v) is 5.96. The number of oxazole rings is 1. The second-order valence-corrected chi connectivity index (χ2v) is 4.78. The highest BCUT2D eigenvalue weighted by Crippen LogP contribution is 2.22. The lowest BCUT2D eigenvalue weighted by Crippen LogP contribution is -2.30. The second kappa shape index (κ2) is 4.97. The van der Waals surface area contributed by atoms with E-state index in [1.165, 1.54) is 12.8 Å². The molecular weight excluding hydrogens is 204 g/mol. The molecule has 0 saturated carbocycles. The Kier molecular flexibility index (Phi) is 3.61. The third kappa shape index (κ3) is 2.83. The van der Waals surface area contributed by atoms with Crippen LogP contribution in [0.2, 0.25) is 0 Å². The molecule has 1 aliphatic heterocycles.